The molecule has 1 aromatic carbocycles. The fraction of sp³-hybridized carbons (Fsp3) is 0.267. The van der Waals surface area contributed by atoms with Crippen LogP contribution >= 0.6 is 0 Å². The van der Waals surface area contributed by atoms with E-state index < -0.39 is 0 Å². The predicted octanol–water partition coefficient (Wildman–Crippen LogP) is 1.67. The zero-order chi connectivity index (χ0) is 13.8. The van der Waals surface area contributed by atoms with Gasteiger partial charge in [-0.1, -0.05) is 18.2 Å². The van der Waals surface area contributed by atoms with Gasteiger partial charge in [-0.25, -0.2) is 0 Å². The summed E-state index contributed by atoms with van der Waals surface area (Å²) in [5.74, 6) is 0.765. The number of benzene rings is 1. The van der Waals surface area contributed by atoms with Gasteiger partial charge in [0.1, 0.15) is 5.75 Å². The van der Waals surface area contributed by atoms with E-state index in [2.05, 4.69) is 0 Å². The number of rotatable bonds is 4. The maximum absolute atomic E-state index is 12.0. The van der Waals surface area contributed by atoms with Gasteiger partial charge in [-0.2, -0.15) is 0 Å². The van der Waals surface area contributed by atoms with Gasteiger partial charge in [-0.15, -0.1) is 0 Å². The molecular formula is C15H18N2O2. The van der Waals surface area contributed by atoms with Crippen molar-refractivity contribution in [1.29, 1.82) is 0 Å². The number of pyridine rings is 1. The van der Waals surface area contributed by atoms with Gasteiger partial charge in [0.2, 0.25) is 0 Å². The molecule has 0 bridgehead atoms. The molecule has 2 rings (SSSR count). The van der Waals surface area contributed by atoms with Crippen molar-refractivity contribution in [2.45, 2.75) is 20.0 Å². The Hall–Kier alpha value is -2.07. The van der Waals surface area contributed by atoms with Crippen molar-refractivity contribution in [3.63, 3.8) is 0 Å². The summed E-state index contributed by atoms with van der Waals surface area (Å²) in [6.45, 7) is 2.78. The lowest BCUT2D eigenvalue weighted by Gasteiger charge is -2.11. The molecule has 4 nitrogen and oxygen atoms in total. The number of aromatic nitrogens is 1. The number of hydrogen-bond donors (Lipinski definition) is 1. The standard InChI is InChI=1S/C15H18N2O2/c1-11-4-3-7-17(15(11)18)10-12-5-6-13(9-16)14(8-12)19-2/h3-8H,9-10,16H2,1-2H3. The molecule has 0 aliphatic rings. The average Bonchev–Trinajstić information content (AvgIpc) is 2.43. The molecule has 0 amide bonds. The van der Waals surface area contributed by atoms with E-state index in [1.54, 1.807) is 17.9 Å². The normalized spacial score (nSPS) is 10.5. The maximum Gasteiger partial charge on any atom is 0.253 e. The number of ether oxygens (including phenoxy) is 1. The van der Waals surface area contributed by atoms with Crippen LogP contribution in [0.2, 0.25) is 0 Å². The van der Waals surface area contributed by atoms with E-state index >= 15 is 0 Å². The van der Waals surface area contributed by atoms with Crippen LogP contribution in [-0.4, -0.2) is 11.7 Å². The molecule has 100 valence electrons. The third-order valence-corrected chi connectivity index (χ3v) is 3.13. The van der Waals surface area contributed by atoms with Crippen LogP contribution in [0.15, 0.2) is 41.3 Å². The smallest absolute Gasteiger partial charge is 0.253 e. The van der Waals surface area contributed by atoms with Crippen LogP contribution in [-0.2, 0) is 13.1 Å². The third kappa shape index (κ3) is 2.85. The van der Waals surface area contributed by atoms with Crippen molar-refractivity contribution in [3.8, 4) is 5.75 Å². The topological polar surface area (TPSA) is 57.2 Å². The Morgan fingerprint density at radius 2 is 2.11 bits per heavy atom. The second-order valence-corrected chi connectivity index (χ2v) is 4.47. The Bertz CT molecular complexity index is 632. The zero-order valence-electron chi connectivity index (χ0n) is 11.2. The van der Waals surface area contributed by atoms with Gasteiger partial charge in [0.05, 0.1) is 13.7 Å². The summed E-state index contributed by atoms with van der Waals surface area (Å²) in [5, 5.41) is 0. The Balaban J connectivity index is 2.33. The fourth-order valence-electron chi connectivity index (χ4n) is 2.03. The van der Waals surface area contributed by atoms with Gasteiger partial charge < -0.3 is 15.0 Å². The van der Waals surface area contributed by atoms with Crippen molar-refractivity contribution >= 4 is 0 Å². The van der Waals surface area contributed by atoms with Crippen LogP contribution in [0, 0.1) is 6.92 Å². The lowest BCUT2D eigenvalue weighted by molar-refractivity contribution is 0.409. The summed E-state index contributed by atoms with van der Waals surface area (Å²) in [5.41, 5.74) is 8.39. The minimum Gasteiger partial charge on any atom is -0.496 e. The number of methoxy groups -OCH3 is 1. The summed E-state index contributed by atoms with van der Waals surface area (Å²) in [6, 6.07) is 9.53. The molecule has 19 heavy (non-hydrogen) atoms. The molecule has 1 aromatic heterocycles. The number of nitrogens with zero attached hydrogens (tertiary/aromatic N) is 1. The molecule has 4 heteroatoms. The number of aryl methyl sites for hydroxylation is 1. The molecule has 2 N–H and O–H groups in total. The first-order chi connectivity index (χ1) is 9.15. The molecular weight excluding hydrogens is 240 g/mol. The molecule has 0 aliphatic heterocycles. The Morgan fingerprint density at radius 3 is 2.79 bits per heavy atom. The third-order valence-electron chi connectivity index (χ3n) is 3.13. The fourth-order valence-corrected chi connectivity index (χ4v) is 2.03. The van der Waals surface area contributed by atoms with Gasteiger partial charge >= 0.3 is 0 Å². The van der Waals surface area contributed by atoms with E-state index in [-0.39, 0.29) is 5.56 Å². The maximum atomic E-state index is 12.0. The quantitative estimate of drug-likeness (QED) is 0.907. The largest absolute Gasteiger partial charge is 0.496 e. The highest BCUT2D eigenvalue weighted by molar-refractivity contribution is 5.37. The van der Waals surface area contributed by atoms with Gasteiger partial charge in [0.15, 0.2) is 0 Å². The molecule has 0 saturated heterocycles. The first kappa shape index (κ1) is 13.4. The summed E-state index contributed by atoms with van der Waals surface area (Å²) in [4.78, 5) is 12.0. The second-order valence-electron chi connectivity index (χ2n) is 4.47. The van der Waals surface area contributed by atoms with E-state index in [0.717, 1.165) is 22.4 Å². The van der Waals surface area contributed by atoms with Crippen LogP contribution < -0.4 is 16.0 Å². The van der Waals surface area contributed by atoms with Crippen LogP contribution in [0.4, 0.5) is 0 Å². The van der Waals surface area contributed by atoms with E-state index in [1.807, 2.05) is 37.3 Å². The Kier molecular flexibility index (Phi) is 4.02. The van der Waals surface area contributed by atoms with E-state index in [1.165, 1.54) is 0 Å². The predicted molar refractivity (Wildman–Crippen MR) is 75.4 cm³/mol. The van der Waals surface area contributed by atoms with E-state index in [0.29, 0.717) is 13.1 Å². The lowest BCUT2D eigenvalue weighted by atomic mass is 10.1. The molecule has 2 aromatic rings. The summed E-state index contributed by atoms with van der Waals surface area (Å²) in [6.07, 6.45) is 1.79. The average molecular weight is 258 g/mol. The van der Waals surface area contributed by atoms with E-state index in [9.17, 15) is 4.79 Å². The molecule has 0 unspecified atom stereocenters. The Labute approximate surface area is 112 Å². The highest BCUT2D eigenvalue weighted by atomic mass is 16.5. The first-order valence-electron chi connectivity index (χ1n) is 6.17. The monoisotopic (exact) mass is 258 g/mol. The molecule has 1 heterocycles. The van der Waals surface area contributed by atoms with Crippen molar-refractivity contribution < 1.29 is 4.74 Å². The van der Waals surface area contributed by atoms with Crippen molar-refractivity contribution in [2.75, 3.05) is 7.11 Å². The highest BCUT2D eigenvalue weighted by Crippen LogP contribution is 2.20. The number of hydrogen-bond acceptors (Lipinski definition) is 3. The van der Waals surface area contributed by atoms with Crippen LogP contribution in [0.25, 0.3) is 0 Å². The zero-order valence-corrected chi connectivity index (χ0v) is 11.2. The number of nitrogens with two attached hydrogens (primary N) is 1. The van der Waals surface area contributed by atoms with Crippen molar-refractivity contribution in [1.82, 2.24) is 4.57 Å². The van der Waals surface area contributed by atoms with Gasteiger partial charge in [0, 0.05) is 23.9 Å². The molecule has 0 spiro atoms. The second kappa shape index (κ2) is 5.71. The Morgan fingerprint density at radius 1 is 1.32 bits per heavy atom. The lowest BCUT2D eigenvalue weighted by Crippen LogP contribution is -2.21. The summed E-state index contributed by atoms with van der Waals surface area (Å²) in [7, 11) is 1.62. The van der Waals surface area contributed by atoms with Gasteiger partial charge in [-0.05, 0) is 24.6 Å². The van der Waals surface area contributed by atoms with Crippen molar-refractivity contribution in [3.05, 3.63) is 63.6 Å². The SMILES string of the molecule is COc1cc(Cn2cccc(C)c2=O)ccc1CN. The molecule has 0 fully saturated rings. The summed E-state index contributed by atoms with van der Waals surface area (Å²) >= 11 is 0. The van der Waals surface area contributed by atoms with Crippen LogP contribution in [0.3, 0.4) is 0 Å². The minimum atomic E-state index is 0.0318. The van der Waals surface area contributed by atoms with E-state index in [4.69, 9.17) is 10.5 Å². The summed E-state index contributed by atoms with van der Waals surface area (Å²) < 4.78 is 6.99. The van der Waals surface area contributed by atoms with Crippen LogP contribution in [0.5, 0.6) is 5.75 Å². The molecule has 0 radical (unpaired) electrons. The van der Waals surface area contributed by atoms with Crippen LogP contribution in [0.1, 0.15) is 16.7 Å². The van der Waals surface area contributed by atoms with Crippen molar-refractivity contribution in [2.24, 2.45) is 5.73 Å². The molecule has 0 atom stereocenters. The highest BCUT2D eigenvalue weighted by Gasteiger charge is 2.05. The van der Waals surface area contributed by atoms with Gasteiger partial charge in [-0.3, -0.25) is 4.79 Å². The molecule has 0 aliphatic carbocycles. The molecule has 0 saturated carbocycles. The minimum absolute atomic E-state index is 0.0318. The van der Waals surface area contributed by atoms with Gasteiger partial charge in [0.25, 0.3) is 5.56 Å². The first-order valence-corrected chi connectivity index (χ1v) is 6.17.